The smallest absolute Gasteiger partial charge is 0.312 e. The van der Waals surface area contributed by atoms with Crippen LogP contribution in [0.15, 0.2) is 48.5 Å². The molecule has 1 aromatic heterocycles. The van der Waals surface area contributed by atoms with Crippen LogP contribution in [0.3, 0.4) is 0 Å². The number of carbonyl (C=O) groups excluding carboxylic acids is 1. The van der Waals surface area contributed by atoms with E-state index in [1.807, 2.05) is 12.1 Å². The zero-order chi connectivity index (χ0) is 24.4. The van der Waals surface area contributed by atoms with Crippen molar-refractivity contribution in [3.63, 3.8) is 0 Å². The highest BCUT2D eigenvalue weighted by atomic mass is 16.6. The maximum atomic E-state index is 12.9. The number of nitro benzene ring substituents is 1. The molecule has 0 radical (unpaired) electrons. The number of anilines is 1. The number of rotatable bonds is 6. The van der Waals surface area contributed by atoms with Crippen LogP contribution in [-0.4, -0.2) is 56.6 Å². The summed E-state index contributed by atoms with van der Waals surface area (Å²) < 4.78 is 1.60. The Morgan fingerprint density at radius 1 is 0.912 bits per heavy atom. The number of nitrogens with zero attached hydrogens (tertiary/aromatic N) is 6. The molecule has 34 heavy (non-hydrogen) atoms. The van der Waals surface area contributed by atoms with Crippen LogP contribution in [0.4, 0.5) is 17.1 Å². The quantitative estimate of drug-likeness (QED) is 0.404. The Morgan fingerprint density at radius 2 is 1.53 bits per heavy atom. The van der Waals surface area contributed by atoms with E-state index in [1.165, 1.54) is 12.1 Å². The minimum atomic E-state index is -0.424. The molecule has 0 N–H and O–H groups in total. The van der Waals surface area contributed by atoms with Crippen molar-refractivity contribution in [1.82, 2.24) is 14.7 Å². The number of carbonyl (C=O) groups is 1. The van der Waals surface area contributed by atoms with Crippen LogP contribution in [0.5, 0.6) is 0 Å². The van der Waals surface area contributed by atoms with E-state index in [1.54, 1.807) is 47.7 Å². The predicted molar refractivity (Wildman–Crippen MR) is 125 cm³/mol. The first kappa shape index (κ1) is 22.9. The average molecular weight is 464 g/mol. The number of benzene rings is 2. The molecule has 176 valence electrons. The van der Waals surface area contributed by atoms with E-state index in [0.717, 1.165) is 11.3 Å². The Hall–Kier alpha value is -4.28. The van der Waals surface area contributed by atoms with Crippen molar-refractivity contribution < 1.29 is 14.6 Å². The second-order valence-electron chi connectivity index (χ2n) is 8.18. The highest BCUT2D eigenvalue weighted by Crippen LogP contribution is 2.23. The van der Waals surface area contributed by atoms with E-state index < -0.39 is 9.85 Å². The number of nitro groups is 2. The highest BCUT2D eigenvalue weighted by molar-refractivity contribution is 5.94. The van der Waals surface area contributed by atoms with Crippen LogP contribution in [0.25, 0.3) is 0 Å². The molecule has 1 fully saturated rings. The minimum Gasteiger partial charge on any atom is -0.368 e. The number of aromatic nitrogens is 2. The number of non-ortho nitro benzene ring substituents is 1. The normalized spacial score (nSPS) is 13.7. The highest BCUT2D eigenvalue weighted by Gasteiger charge is 2.24. The zero-order valence-electron chi connectivity index (χ0n) is 18.9. The molecule has 11 heteroatoms. The lowest BCUT2D eigenvalue weighted by Crippen LogP contribution is -2.48. The van der Waals surface area contributed by atoms with Crippen LogP contribution in [0, 0.1) is 34.1 Å². The second-order valence-corrected chi connectivity index (χ2v) is 8.18. The molecule has 0 bridgehead atoms. The summed E-state index contributed by atoms with van der Waals surface area (Å²) in [5.74, 6) is -0.0587. The van der Waals surface area contributed by atoms with E-state index in [0.29, 0.717) is 49.7 Å². The van der Waals surface area contributed by atoms with Gasteiger partial charge in [0.15, 0.2) is 0 Å². The Balaban J connectivity index is 1.37. The third kappa shape index (κ3) is 4.58. The van der Waals surface area contributed by atoms with Gasteiger partial charge in [0, 0.05) is 49.6 Å². The van der Waals surface area contributed by atoms with Gasteiger partial charge in [-0.05, 0) is 43.7 Å². The SMILES string of the molecule is Cc1nn(Cc2ccc(C(=O)N3CCN(c4ccc([N+](=O)[O-])cc4)CC3)cc2)c(C)c1[N+](=O)[O-]. The lowest BCUT2D eigenvalue weighted by atomic mass is 10.1. The third-order valence-corrected chi connectivity index (χ3v) is 6.05. The van der Waals surface area contributed by atoms with Gasteiger partial charge in [-0.2, -0.15) is 5.10 Å². The molecule has 11 nitrogen and oxygen atoms in total. The summed E-state index contributed by atoms with van der Waals surface area (Å²) in [6, 6.07) is 13.6. The predicted octanol–water partition coefficient (Wildman–Crippen LogP) is 3.33. The molecule has 0 saturated carbocycles. The molecule has 0 unspecified atom stereocenters. The van der Waals surface area contributed by atoms with Gasteiger partial charge in [-0.1, -0.05) is 12.1 Å². The second kappa shape index (κ2) is 9.30. The van der Waals surface area contributed by atoms with Crippen LogP contribution >= 0.6 is 0 Å². The maximum absolute atomic E-state index is 12.9. The Morgan fingerprint density at radius 3 is 2.06 bits per heavy atom. The number of piperazine rings is 1. The lowest BCUT2D eigenvalue weighted by molar-refractivity contribution is -0.386. The molecule has 0 atom stereocenters. The molecule has 1 aliphatic rings. The Kier molecular flexibility index (Phi) is 6.26. The van der Waals surface area contributed by atoms with Crippen molar-refractivity contribution in [3.8, 4) is 0 Å². The molecule has 0 aliphatic carbocycles. The zero-order valence-corrected chi connectivity index (χ0v) is 18.9. The van der Waals surface area contributed by atoms with E-state index in [4.69, 9.17) is 0 Å². The van der Waals surface area contributed by atoms with Crippen molar-refractivity contribution in [3.05, 3.63) is 91.3 Å². The molecule has 2 heterocycles. The number of hydrogen-bond acceptors (Lipinski definition) is 7. The van der Waals surface area contributed by atoms with Gasteiger partial charge in [0.25, 0.3) is 11.6 Å². The first-order chi connectivity index (χ1) is 16.2. The number of hydrogen-bond donors (Lipinski definition) is 0. The van der Waals surface area contributed by atoms with Crippen LogP contribution in [0.1, 0.15) is 27.3 Å². The molecular weight excluding hydrogens is 440 g/mol. The van der Waals surface area contributed by atoms with Crippen molar-refractivity contribution in [2.24, 2.45) is 0 Å². The van der Waals surface area contributed by atoms with Crippen molar-refractivity contribution in [2.45, 2.75) is 20.4 Å². The van der Waals surface area contributed by atoms with Gasteiger partial charge in [-0.3, -0.25) is 29.7 Å². The number of aryl methyl sites for hydroxylation is 1. The van der Waals surface area contributed by atoms with Gasteiger partial charge in [0.05, 0.1) is 16.4 Å². The fourth-order valence-corrected chi connectivity index (χ4v) is 4.17. The van der Waals surface area contributed by atoms with Crippen LogP contribution in [0.2, 0.25) is 0 Å². The summed E-state index contributed by atoms with van der Waals surface area (Å²) in [7, 11) is 0. The average Bonchev–Trinajstić information content (AvgIpc) is 3.12. The first-order valence-corrected chi connectivity index (χ1v) is 10.8. The summed E-state index contributed by atoms with van der Waals surface area (Å²) in [6.45, 7) is 6.04. The summed E-state index contributed by atoms with van der Waals surface area (Å²) in [6.07, 6.45) is 0. The third-order valence-electron chi connectivity index (χ3n) is 6.05. The standard InChI is InChI=1S/C23H24N6O5/c1-16-22(29(33)34)17(2)27(24-16)15-18-3-5-19(6-4-18)23(30)26-13-11-25(12-14-26)20-7-9-21(10-8-20)28(31)32/h3-10H,11-15H2,1-2H3. The summed E-state index contributed by atoms with van der Waals surface area (Å²) >= 11 is 0. The van der Waals surface area contributed by atoms with Crippen molar-refractivity contribution in [1.29, 1.82) is 0 Å². The lowest BCUT2D eigenvalue weighted by Gasteiger charge is -2.36. The molecule has 0 spiro atoms. The van der Waals surface area contributed by atoms with Gasteiger partial charge in [0.2, 0.25) is 0 Å². The molecule has 1 aliphatic heterocycles. The molecule has 4 rings (SSSR count). The maximum Gasteiger partial charge on any atom is 0.312 e. The largest absolute Gasteiger partial charge is 0.368 e. The molecule has 1 saturated heterocycles. The monoisotopic (exact) mass is 464 g/mol. The minimum absolute atomic E-state index is 0.0275. The fourth-order valence-electron chi connectivity index (χ4n) is 4.17. The van der Waals surface area contributed by atoms with Gasteiger partial charge in [-0.15, -0.1) is 0 Å². The van der Waals surface area contributed by atoms with Crippen molar-refractivity contribution in [2.75, 3.05) is 31.1 Å². The summed E-state index contributed by atoms with van der Waals surface area (Å²) in [4.78, 5) is 38.0. The van der Waals surface area contributed by atoms with Gasteiger partial charge in [-0.25, -0.2) is 0 Å². The van der Waals surface area contributed by atoms with E-state index in [9.17, 15) is 25.0 Å². The van der Waals surface area contributed by atoms with E-state index in [2.05, 4.69) is 10.00 Å². The van der Waals surface area contributed by atoms with Crippen LogP contribution < -0.4 is 4.90 Å². The molecule has 1 amide bonds. The van der Waals surface area contributed by atoms with Gasteiger partial charge >= 0.3 is 5.69 Å². The van der Waals surface area contributed by atoms with E-state index >= 15 is 0 Å². The topological polar surface area (TPSA) is 128 Å². The summed E-state index contributed by atoms with van der Waals surface area (Å²) in [5, 5.41) is 26.3. The van der Waals surface area contributed by atoms with E-state index in [-0.39, 0.29) is 17.3 Å². The molecular formula is C23H24N6O5. The van der Waals surface area contributed by atoms with Crippen molar-refractivity contribution >= 4 is 23.0 Å². The fraction of sp³-hybridized carbons (Fsp3) is 0.304. The number of amides is 1. The summed E-state index contributed by atoms with van der Waals surface area (Å²) in [5.41, 5.74) is 3.31. The Bertz CT molecular complexity index is 1230. The Labute approximate surface area is 195 Å². The van der Waals surface area contributed by atoms with Crippen LogP contribution in [-0.2, 0) is 6.54 Å². The molecule has 2 aromatic carbocycles. The molecule has 3 aromatic rings. The van der Waals surface area contributed by atoms with Gasteiger partial charge < -0.3 is 9.80 Å². The first-order valence-electron chi connectivity index (χ1n) is 10.8. The van der Waals surface area contributed by atoms with Gasteiger partial charge in [0.1, 0.15) is 11.4 Å².